The van der Waals surface area contributed by atoms with Gasteiger partial charge in [0.25, 0.3) is 0 Å². The molecule has 2 rings (SSSR count). The molecule has 0 atom stereocenters. The third kappa shape index (κ3) is 1.88. The number of halogens is 2. The van der Waals surface area contributed by atoms with Crippen molar-refractivity contribution in [2.75, 3.05) is 12.8 Å². The summed E-state index contributed by atoms with van der Waals surface area (Å²) in [6, 6.07) is 1.35. The van der Waals surface area contributed by atoms with E-state index in [2.05, 4.69) is 21.1 Å². The Morgan fingerprint density at radius 1 is 1.53 bits per heavy atom. The van der Waals surface area contributed by atoms with Crippen LogP contribution in [0.25, 0.3) is 11.1 Å². The summed E-state index contributed by atoms with van der Waals surface area (Å²) in [5, 5.41) is 3.58. The summed E-state index contributed by atoms with van der Waals surface area (Å²) in [6.07, 6.45) is 1.44. The van der Waals surface area contributed by atoms with Crippen molar-refractivity contribution in [3.8, 4) is 16.9 Å². The summed E-state index contributed by atoms with van der Waals surface area (Å²) in [5.41, 5.74) is 7.50. The monoisotopic (exact) mass is 300 g/mol. The van der Waals surface area contributed by atoms with Crippen molar-refractivity contribution in [2.45, 2.75) is 6.92 Å². The molecule has 0 amide bonds. The number of methoxy groups -OCH3 is 1. The van der Waals surface area contributed by atoms with Crippen LogP contribution >= 0.6 is 15.9 Å². The first-order chi connectivity index (χ1) is 8.06. The molecule has 6 heteroatoms. The van der Waals surface area contributed by atoms with Crippen molar-refractivity contribution < 1.29 is 13.7 Å². The van der Waals surface area contributed by atoms with Crippen LogP contribution in [0.1, 0.15) is 5.56 Å². The molecule has 0 saturated heterocycles. The highest BCUT2D eigenvalue weighted by Gasteiger charge is 2.20. The third-order valence-corrected chi connectivity index (χ3v) is 3.33. The molecule has 2 N–H and O–H groups in total. The summed E-state index contributed by atoms with van der Waals surface area (Å²) in [7, 11) is 1.40. The van der Waals surface area contributed by atoms with Gasteiger partial charge in [-0.1, -0.05) is 21.1 Å². The highest BCUT2D eigenvalue weighted by atomic mass is 79.9. The minimum absolute atomic E-state index is 0.126. The molecule has 2 aromatic rings. The Balaban J connectivity index is 2.80. The molecule has 0 aliphatic carbocycles. The van der Waals surface area contributed by atoms with Crippen LogP contribution in [0.2, 0.25) is 0 Å². The van der Waals surface area contributed by atoms with Gasteiger partial charge in [-0.3, -0.25) is 0 Å². The number of nitrogens with two attached hydrogens (primary N) is 1. The van der Waals surface area contributed by atoms with E-state index in [4.69, 9.17) is 15.0 Å². The Kier molecular flexibility index (Phi) is 3.06. The Bertz CT molecular complexity index is 569. The molecule has 0 aliphatic rings. The van der Waals surface area contributed by atoms with Gasteiger partial charge in [0.05, 0.1) is 18.9 Å². The van der Waals surface area contributed by atoms with Crippen molar-refractivity contribution in [3.05, 3.63) is 28.1 Å². The molecular formula is C11H10BrFN2O2. The molecule has 90 valence electrons. The van der Waals surface area contributed by atoms with Gasteiger partial charge < -0.3 is 15.0 Å². The molecule has 0 unspecified atom stereocenters. The highest BCUT2D eigenvalue weighted by molar-refractivity contribution is 9.10. The molecular weight excluding hydrogens is 291 g/mol. The van der Waals surface area contributed by atoms with Crippen molar-refractivity contribution in [2.24, 2.45) is 0 Å². The predicted octanol–water partition coefficient (Wildman–Crippen LogP) is 3.14. The van der Waals surface area contributed by atoms with E-state index in [-0.39, 0.29) is 11.6 Å². The fourth-order valence-corrected chi connectivity index (χ4v) is 2.05. The van der Waals surface area contributed by atoms with E-state index in [0.29, 0.717) is 15.6 Å². The topological polar surface area (TPSA) is 61.3 Å². The zero-order valence-corrected chi connectivity index (χ0v) is 10.8. The number of rotatable bonds is 2. The van der Waals surface area contributed by atoms with Gasteiger partial charge in [0.2, 0.25) is 5.88 Å². The Labute approximate surface area is 106 Å². The van der Waals surface area contributed by atoms with Gasteiger partial charge in [-0.05, 0) is 18.6 Å². The van der Waals surface area contributed by atoms with E-state index >= 15 is 0 Å². The quantitative estimate of drug-likeness (QED) is 0.925. The van der Waals surface area contributed by atoms with Gasteiger partial charge in [-0.25, -0.2) is 4.39 Å². The summed E-state index contributed by atoms with van der Waals surface area (Å²) in [6.45, 7) is 1.83. The van der Waals surface area contributed by atoms with Crippen LogP contribution < -0.4 is 10.5 Å². The first-order valence-electron chi connectivity index (χ1n) is 4.79. The van der Waals surface area contributed by atoms with Gasteiger partial charge in [0.1, 0.15) is 0 Å². The van der Waals surface area contributed by atoms with Crippen LogP contribution in [-0.4, -0.2) is 12.3 Å². The van der Waals surface area contributed by atoms with Gasteiger partial charge in [0.15, 0.2) is 11.6 Å². The van der Waals surface area contributed by atoms with Gasteiger partial charge in [0, 0.05) is 10.0 Å². The summed E-state index contributed by atoms with van der Waals surface area (Å²) >= 11 is 3.28. The Morgan fingerprint density at radius 2 is 2.24 bits per heavy atom. The molecule has 0 radical (unpaired) electrons. The lowest BCUT2D eigenvalue weighted by Crippen LogP contribution is -1.97. The zero-order chi connectivity index (χ0) is 12.6. The highest BCUT2D eigenvalue weighted by Crippen LogP contribution is 2.41. The number of nitrogens with zero attached hydrogens (tertiary/aromatic N) is 1. The molecule has 0 spiro atoms. The van der Waals surface area contributed by atoms with Crippen molar-refractivity contribution in [3.63, 3.8) is 0 Å². The largest absolute Gasteiger partial charge is 0.493 e. The van der Waals surface area contributed by atoms with Crippen molar-refractivity contribution in [1.82, 2.24) is 5.16 Å². The SMILES string of the molecule is COc1c(F)cc(Br)c(C)c1-c1cnoc1N. The van der Waals surface area contributed by atoms with Crippen molar-refractivity contribution >= 4 is 21.8 Å². The molecule has 17 heavy (non-hydrogen) atoms. The summed E-state index contributed by atoms with van der Waals surface area (Å²) in [5.74, 6) is -0.218. The lowest BCUT2D eigenvalue weighted by Gasteiger charge is -2.12. The van der Waals surface area contributed by atoms with Crippen molar-refractivity contribution in [1.29, 1.82) is 0 Å². The minimum atomic E-state index is -0.472. The summed E-state index contributed by atoms with van der Waals surface area (Å²) < 4.78 is 24.3. The molecule has 1 aromatic heterocycles. The zero-order valence-electron chi connectivity index (χ0n) is 9.25. The minimum Gasteiger partial charge on any atom is -0.493 e. The number of hydrogen-bond acceptors (Lipinski definition) is 4. The molecule has 1 heterocycles. The van der Waals surface area contributed by atoms with E-state index in [0.717, 1.165) is 5.56 Å². The fourth-order valence-electron chi connectivity index (χ4n) is 1.65. The van der Waals surface area contributed by atoms with E-state index < -0.39 is 5.82 Å². The van der Waals surface area contributed by atoms with E-state index in [9.17, 15) is 4.39 Å². The standard InChI is InChI=1S/C11H10BrFN2O2/c1-5-7(12)3-8(13)10(16-2)9(5)6-4-15-17-11(6)14/h3-4H,14H2,1-2H3. The average molecular weight is 301 g/mol. The van der Waals surface area contributed by atoms with Crippen LogP contribution in [0.3, 0.4) is 0 Å². The fraction of sp³-hybridized carbons (Fsp3) is 0.182. The maximum atomic E-state index is 13.8. The van der Waals surface area contributed by atoms with Crippen LogP contribution in [-0.2, 0) is 0 Å². The summed E-state index contributed by atoms with van der Waals surface area (Å²) in [4.78, 5) is 0. The second-order valence-electron chi connectivity index (χ2n) is 3.48. The second kappa shape index (κ2) is 4.37. The van der Waals surface area contributed by atoms with E-state index in [1.54, 1.807) is 0 Å². The molecule has 4 nitrogen and oxygen atoms in total. The maximum absolute atomic E-state index is 13.8. The number of anilines is 1. The number of ether oxygens (including phenoxy) is 1. The Morgan fingerprint density at radius 3 is 2.76 bits per heavy atom. The van der Waals surface area contributed by atoms with Gasteiger partial charge in [-0.15, -0.1) is 0 Å². The maximum Gasteiger partial charge on any atom is 0.230 e. The van der Waals surface area contributed by atoms with E-state index in [1.807, 2.05) is 6.92 Å². The van der Waals surface area contributed by atoms with Crippen LogP contribution in [0.4, 0.5) is 10.3 Å². The normalized spacial score (nSPS) is 10.6. The molecule has 0 aliphatic heterocycles. The van der Waals surface area contributed by atoms with Crippen LogP contribution in [0.5, 0.6) is 5.75 Å². The number of hydrogen-bond donors (Lipinski definition) is 1. The number of aromatic nitrogens is 1. The average Bonchev–Trinajstić information content (AvgIpc) is 2.69. The van der Waals surface area contributed by atoms with Gasteiger partial charge >= 0.3 is 0 Å². The first kappa shape index (κ1) is 11.9. The smallest absolute Gasteiger partial charge is 0.230 e. The molecule has 0 fully saturated rings. The molecule has 0 saturated carbocycles. The van der Waals surface area contributed by atoms with Crippen LogP contribution in [0, 0.1) is 12.7 Å². The lowest BCUT2D eigenvalue weighted by atomic mass is 10.0. The molecule has 1 aromatic carbocycles. The second-order valence-corrected chi connectivity index (χ2v) is 4.33. The first-order valence-corrected chi connectivity index (χ1v) is 5.58. The molecule has 0 bridgehead atoms. The van der Waals surface area contributed by atoms with Crippen LogP contribution in [0.15, 0.2) is 21.3 Å². The third-order valence-electron chi connectivity index (χ3n) is 2.50. The predicted molar refractivity (Wildman–Crippen MR) is 65.3 cm³/mol. The lowest BCUT2D eigenvalue weighted by molar-refractivity contribution is 0.387. The number of nitrogen functional groups attached to an aromatic ring is 1. The van der Waals surface area contributed by atoms with Gasteiger partial charge in [-0.2, -0.15) is 0 Å². The van der Waals surface area contributed by atoms with E-state index in [1.165, 1.54) is 19.4 Å². The number of benzene rings is 1. The Hall–Kier alpha value is -1.56.